The van der Waals surface area contributed by atoms with Gasteiger partial charge in [0.25, 0.3) is 5.96 Å². The Balaban J connectivity index is 2.15. The van der Waals surface area contributed by atoms with E-state index in [0.29, 0.717) is 5.69 Å². The molecule has 0 saturated carbocycles. The van der Waals surface area contributed by atoms with Crippen molar-refractivity contribution in [2.75, 3.05) is 0 Å². The average molecular weight is 258 g/mol. The van der Waals surface area contributed by atoms with Crippen molar-refractivity contribution >= 4 is 23.1 Å². The molecule has 0 aliphatic carbocycles. The maximum absolute atomic E-state index is 10.1. The molecule has 0 amide bonds. The molecule has 2 aromatic rings. The van der Waals surface area contributed by atoms with Gasteiger partial charge in [0, 0.05) is 5.39 Å². The van der Waals surface area contributed by atoms with Crippen LogP contribution in [0.5, 0.6) is 0 Å². The van der Waals surface area contributed by atoms with E-state index in [1.54, 1.807) is 11.5 Å². The summed E-state index contributed by atoms with van der Waals surface area (Å²) in [6, 6.07) is 11.3. The van der Waals surface area contributed by atoms with Crippen LogP contribution in [-0.4, -0.2) is 22.2 Å². The molecule has 1 heterocycles. The lowest BCUT2D eigenvalue weighted by Gasteiger charge is -1.97. The lowest BCUT2D eigenvalue weighted by atomic mass is 10.2. The molecule has 0 bridgehead atoms. The minimum absolute atomic E-state index is 0.401. The molecular formula is C11H10N6O2. The summed E-state index contributed by atoms with van der Waals surface area (Å²) in [5.74, 6) is -0.401. The zero-order chi connectivity index (χ0) is 13.7. The number of nitrogens with one attached hydrogen (secondary N) is 1. The second kappa shape index (κ2) is 5.54. The van der Waals surface area contributed by atoms with E-state index < -0.39 is 11.0 Å². The second-order valence-corrected chi connectivity index (χ2v) is 3.53. The van der Waals surface area contributed by atoms with Crippen molar-refractivity contribution < 1.29 is 5.03 Å². The van der Waals surface area contributed by atoms with Gasteiger partial charge in [-0.25, -0.2) is 15.1 Å². The van der Waals surface area contributed by atoms with Gasteiger partial charge in [-0.15, -0.1) is 5.10 Å². The maximum atomic E-state index is 10.1. The van der Waals surface area contributed by atoms with E-state index in [1.165, 1.54) is 6.21 Å². The molecular weight excluding hydrogens is 248 g/mol. The van der Waals surface area contributed by atoms with Crippen LogP contribution in [0.3, 0.4) is 0 Å². The SMILES string of the molecule is NC(=NN=Cc1ccc2ccccc2n1)N[N+](=O)[O-]. The first-order valence-corrected chi connectivity index (χ1v) is 5.28. The fourth-order valence-electron chi connectivity index (χ4n) is 1.42. The first kappa shape index (κ1) is 12.4. The molecule has 19 heavy (non-hydrogen) atoms. The summed E-state index contributed by atoms with van der Waals surface area (Å²) < 4.78 is 0. The molecule has 0 aliphatic rings. The van der Waals surface area contributed by atoms with Gasteiger partial charge in [0.2, 0.25) is 0 Å². The van der Waals surface area contributed by atoms with Gasteiger partial charge in [0.15, 0.2) is 5.03 Å². The van der Waals surface area contributed by atoms with E-state index in [4.69, 9.17) is 5.73 Å². The Labute approximate surface area is 107 Å². The number of aromatic nitrogens is 1. The Kier molecular flexibility index (Phi) is 3.62. The lowest BCUT2D eigenvalue weighted by Crippen LogP contribution is -2.35. The van der Waals surface area contributed by atoms with Crippen LogP contribution in [-0.2, 0) is 0 Å². The lowest BCUT2D eigenvalue weighted by molar-refractivity contribution is -0.525. The third-order valence-corrected chi connectivity index (χ3v) is 2.18. The summed E-state index contributed by atoms with van der Waals surface area (Å²) in [7, 11) is 0. The maximum Gasteiger partial charge on any atom is 0.275 e. The van der Waals surface area contributed by atoms with Crippen molar-refractivity contribution in [3.05, 3.63) is 52.2 Å². The van der Waals surface area contributed by atoms with E-state index in [9.17, 15) is 10.1 Å². The van der Waals surface area contributed by atoms with Gasteiger partial charge in [-0.3, -0.25) is 0 Å². The molecule has 3 N–H and O–H groups in total. The summed E-state index contributed by atoms with van der Waals surface area (Å²) in [5, 5.41) is 17.3. The number of rotatable bonds is 3. The highest BCUT2D eigenvalue weighted by Gasteiger charge is 1.97. The fourth-order valence-corrected chi connectivity index (χ4v) is 1.42. The number of fused-ring (bicyclic) bond motifs is 1. The molecule has 1 aromatic heterocycles. The number of nitrogens with two attached hydrogens (primary N) is 1. The number of nitro groups is 1. The van der Waals surface area contributed by atoms with Crippen LogP contribution >= 0.6 is 0 Å². The standard InChI is InChI=1S/C11H10N6O2/c12-11(16-17(18)19)15-13-7-9-6-5-8-3-1-2-4-10(8)14-9/h1-7H,(H3,12,15,16). The number of guanidine groups is 1. The highest BCUT2D eigenvalue weighted by Crippen LogP contribution is 2.10. The molecule has 96 valence electrons. The average Bonchev–Trinajstić information content (AvgIpc) is 2.37. The number of benzene rings is 1. The van der Waals surface area contributed by atoms with Crippen LogP contribution in [0.2, 0.25) is 0 Å². The topological polar surface area (TPSA) is 119 Å². The van der Waals surface area contributed by atoms with Crippen LogP contribution in [0.1, 0.15) is 5.69 Å². The Bertz CT molecular complexity index is 667. The Morgan fingerprint density at radius 2 is 2.16 bits per heavy atom. The molecule has 0 radical (unpaired) electrons. The van der Waals surface area contributed by atoms with Gasteiger partial charge in [0.1, 0.15) is 0 Å². The Hall–Kier alpha value is -3.03. The molecule has 2 rings (SSSR count). The molecule has 0 aliphatic heterocycles. The predicted octanol–water partition coefficient (Wildman–Crippen LogP) is 0.665. The Morgan fingerprint density at radius 3 is 2.95 bits per heavy atom. The van der Waals surface area contributed by atoms with Crippen LogP contribution in [0.4, 0.5) is 0 Å². The predicted molar refractivity (Wildman–Crippen MR) is 71.1 cm³/mol. The van der Waals surface area contributed by atoms with Gasteiger partial charge < -0.3 is 5.73 Å². The van der Waals surface area contributed by atoms with E-state index in [1.807, 2.05) is 30.3 Å². The summed E-state index contributed by atoms with van der Waals surface area (Å²) in [6.45, 7) is 0. The quantitative estimate of drug-likeness (QED) is 0.363. The fraction of sp³-hybridized carbons (Fsp3) is 0. The number of hydrogen-bond donors (Lipinski definition) is 2. The van der Waals surface area contributed by atoms with Gasteiger partial charge in [-0.2, -0.15) is 5.10 Å². The summed E-state index contributed by atoms with van der Waals surface area (Å²) in [4.78, 5) is 14.4. The summed E-state index contributed by atoms with van der Waals surface area (Å²) in [6.07, 6.45) is 1.36. The first-order valence-electron chi connectivity index (χ1n) is 5.28. The van der Waals surface area contributed by atoms with Crippen molar-refractivity contribution in [2.24, 2.45) is 15.9 Å². The van der Waals surface area contributed by atoms with Gasteiger partial charge >= 0.3 is 0 Å². The van der Waals surface area contributed by atoms with Gasteiger partial charge in [-0.05, 0) is 12.1 Å². The molecule has 0 unspecified atom stereocenters. The first-order chi connectivity index (χ1) is 9.15. The van der Waals surface area contributed by atoms with Crippen LogP contribution in [0.25, 0.3) is 10.9 Å². The van der Waals surface area contributed by atoms with Crippen molar-refractivity contribution in [1.29, 1.82) is 0 Å². The van der Waals surface area contributed by atoms with Crippen molar-refractivity contribution in [3.8, 4) is 0 Å². The van der Waals surface area contributed by atoms with E-state index in [-0.39, 0.29) is 0 Å². The normalized spacial score (nSPS) is 11.9. The van der Waals surface area contributed by atoms with Crippen LogP contribution in [0.15, 0.2) is 46.6 Å². The van der Waals surface area contributed by atoms with E-state index in [0.717, 1.165) is 10.9 Å². The van der Waals surface area contributed by atoms with Gasteiger partial charge in [0.05, 0.1) is 17.4 Å². The van der Waals surface area contributed by atoms with Gasteiger partial charge in [-0.1, -0.05) is 29.7 Å². The highest BCUT2D eigenvalue weighted by molar-refractivity contribution is 5.85. The zero-order valence-electron chi connectivity index (χ0n) is 9.72. The summed E-state index contributed by atoms with van der Waals surface area (Å²) in [5.41, 5.74) is 8.27. The molecule has 8 heteroatoms. The number of para-hydroxylation sites is 1. The molecule has 0 spiro atoms. The van der Waals surface area contributed by atoms with Crippen LogP contribution < -0.4 is 11.2 Å². The third-order valence-electron chi connectivity index (χ3n) is 2.18. The van der Waals surface area contributed by atoms with E-state index in [2.05, 4.69) is 15.2 Å². The molecule has 0 fully saturated rings. The molecule has 8 nitrogen and oxygen atoms in total. The number of hydrogen-bond acceptors (Lipinski definition) is 5. The number of hydrazine groups is 1. The number of nitrogens with zero attached hydrogens (tertiary/aromatic N) is 4. The number of pyridine rings is 1. The third kappa shape index (κ3) is 3.46. The second-order valence-electron chi connectivity index (χ2n) is 3.53. The Morgan fingerprint density at radius 1 is 1.37 bits per heavy atom. The molecule has 1 aromatic carbocycles. The zero-order valence-corrected chi connectivity index (χ0v) is 9.72. The smallest absolute Gasteiger partial charge is 0.275 e. The van der Waals surface area contributed by atoms with Crippen LogP contribution in [0, 0.1) is 10.1 Å². The van der Waals surface area contributed by atoms with E-state index >= 15 is 0 Å². The van der Waals surface area contributed by atoms with Crippen molar-refractivity contribution in [2.45, 2.75) is 0 Å². The largest absolute Gasteiger partial charge is 0.364 e. The summed E-state index contributed by atoms with van der Waals surface area (Å²) >= 11 is 0. The van der Waals surface area contributed by atoms with Crippen molar-refractivity contribution in [1.82, 2.24) is 10.4 Å². The molecule has 0 atom stereocenters. The highest BCUT2D eigenvalue weighted by atomic mass is 16.7. The monoisotopic (exact) mass is 258 g/mol. The van der Waals surface area contributed by atoms with Crippen molar-refractivity contribution in [3.63, 3.8) is 0 Å². The minimum Gasteiger partial charge on any atom is -0.364 e. The molecule has 0 saturated heterocycles. The minimum atomic E-state index is -0.817.